The highest BCUT2D eigenvalue weighted by Gasteiger charge is 2.15. The quantitative estimate of drug-likeness (QED) is 0.504. The van der Waals surface area contributed by atoms with E-state index in [0.29, 0.717) is 6.54 Å². The zero-order valence-corrected chi connectivity index (χ0v) is 10.4. The van der Waals surface area contributed by atoms with Gasteiger partial charge in [-0.25, -0.2) is 4.79 Å². The molecule has 1 aliphatic rings. The second-order valence-corrected chi connectivity index (χ2v) is 4.41. The maximum Gasteiger partial charge on any atom is 0.312 e. The number of piperazine rings is 1. The van der Waals surface area contributed by atoms with E-state index in [1.165, 1.54) is 0 Å². The number of urea groups is 1. The Morgan fingerprint density at radius 3 is 2.24 bits per heavy atom. The summed E-state index contributed by atoms with van der Waals surface area (Å²) in [4.78, 5) is 15.1. The van der Waals surface area contributed by atoms with Crippen LogP contribution >= 0.6 is 0 Å². The molecule has 1 heterocycles. The molecule has 100 valence electrons. The number of primary amides is 1. The zero-order valence-electron chi connectivity index (χ0n) is 10.4. The molecule has 1 saturated heterocycles. The van der Waals surface area contributed by atoms with Crippen molar-refractivity contribution in [1.82, 2.24) is 15.1 Å². The lowest BCUT2D eigenvalue weighted by atomic mass is 10.2. The third-order valence-electron chi connectivity index (χ3n) is 3.08. The third-order valence-corrected chi connectivity index (χ3v) is 3.08. The number of aliphatic hydroxyl groups is 1. The number of hydrogen-bond donors (Lipinski definition) is 3. The van der Waals surface area contributed by atoms with E-state index in [2.05, 4.69) is 15.1 Å². The van der Waals surface area contributed by atoms with Gasteiger partial charge in [-0.2, -0.15) is 0 Å². The van der Waals surface area contributed by atoms with E-state index in [-0.39, 0.29) is 6.61 Å². The lowest BCUT2D eigenvalue weighted by Gasteiger charge is -2.34. The van der Waals surface area contributed by atoms with Gasteiger partial charge in [-0.15, -0.1) is 0 Å². The molecule has 0 atom stereocenters. The van der Waals surface area contributed by atoms with E-state index in [0.717, 1.165) is 52.1 Å². The number of nitrogens with zero attached hydrogens (tertiary/aromatic N) is 2. The fraction of sp³-hybridized carbons (Fsp3) is 0.909. The summed E-state index contributed by atoms with van der Waals surface area (Å²) in [6.45, 7) is 7.01. The molecule has 6 heteroatoms. The van der Waals surface area contributed by atoms with Crippen molar-refractivity contribution in [1.29, 1.82) is 0 Å². The van der Waals surface area contributed by atoms with Crippen LogP contribution in [0.5, 0.6) is 0 Å². The maximum absolute atomic E-state index is 10.4. The summed E-state index contributed by atoms with van der Waals surface area (Å²) in [5.41, 5.74) is 4.97. The minimum atomic E-state index is -0.442. The summed E-state index contributed by atoms with van der Waals surface area (Å²) in [6, 6.07) is -0.442. The first-order valence-corrected chi connectivity index (χ1v) is 6.31. The van der Waals surface area contributed by atoms with Crippen LogP contribution in [0.3, 0.4) is 0 Å². The highest BCUT2D eigenvalue weighted by molar-refractivity contribution is 5.71. The summed E-state index contributed by atoms with van der Waals surface area (Å²) in [5.74, 6) is 0. The van der Waals surface area contributed by atoms with Gasteiger partial charge in [-0.3, -0.25) is 4.90 Å². The number of β-amino-alcohol motifs (C(OH)–C–C–N with tert-alkyl or cyclic N) is 1. The van der Waals surface area contributed by atoms with Gasteiger partial charge in [0.2, 0.25) is 0 Å². The van der Waals surface area contributed by atoms with Crippen LogP contribution in [0.1, 0.15) is 12.8 Å². The third kappa shape index (κ3) is 6.45. The number of nitrogens with two attached hydrogens (primary N) is 1. The van der Waals surface area contributed by atoms with Gasteiger partial charge in [0.1, 0.15) is 0 Å². The lowest BCUT2D eigenvalue weighted by Crippen LogP contribution is -2.47. The molecule has 0 radical (unpaired) electrons. The van der Waals surface area contributed by atoms with Crippen molar-refractivity contribution in [3.8, 4) is 0 Å². The van der Waals surface area contributed by atoms with E-state index >= 15 is 0 Å². The Bertz CT molecular complexity index is 218. The molecule has 0 aromatic rings. The van der Waals surface area contributed by atoms with Crippen molar-refractivity contribution in [2.75, 3.05) is 52.4 Å². The number of nitrogens with one attached hydrogen (secondary N) is 1. The Labute approximate surface area is 103 Å². The molecule has 0 unspecified atom stereocenters. The normalized spacial score (nSPS) is 18.2. The second kappa shape index (κ2) is 8.27. The predicted octanol–water partition coefficient (Wildman–Crippen LogP) is -0.955. The molecular weight excluding hydrogens is 220 g/mol. The van der Waals surface area contributed by atoms with Crippen molar-refractivity contribution in [2.24, 2.45) is 5.73 Å². The van der Waals surface area contributed by atoms with Gasteiger partial charge >= 0.3 is 6.03 Å². The predicted molar refractivity (Wildman–Crippen MR) is 66.8 cm³/mol. The van der Waals surface area contributed by atoms with Crippen LogP contribution in [-0.4, -0.2) is 73.4 Å². The molecule has 4 N–H and O–H groups in total. The fourth-order valence-electron chi connectivity index (χ4n) is 2.05. The largest absolute Gasteiger partial charge is 0.395 e. The second-order valence-electron chi connectivity index (χ2n) is 4.41. The zero-order chi connectivity index (χ0) is 12.5. The van der Waals surface area contributed by atoms with E-state index < -0.39 is 6.03 Å². The van der Waals surface area contributed by atoms with Crippen molar-refractivity contribution < 1.29 is 9.90 Å². The van der Waals surface area contributed by atoms with Gasteiger partial charge in [-0.1, -0.05) is 0 Å². The number of rotatable bonds is 7. The molecule has 6 nitrogen and oxygen atoms in total. The average molecular weight is 244 g/mol. The first-order valence-electron chi connectivity index (χ1n) is 6.31. The van der Waals surface area contributed by atoms with Gasteiger partial charge in [0.25, 0.3) is 0 Å². The van der Waals surface area contributed by atoms with Crippen LogP contribution in [0, 0.1) is 0 Å². The highest BCUT2D eigenvalue weighted by Crippen LogP contribution is 2.02. The Balaban J connectivity index is 1.97. The van der Waals surface area contributed by atoms with E-state index in [1.807, 2.05) is 0 Å². The average Bonchev–Trinajstić information content (AvgIpc) is 2.31. The molecule has 0 bridgehead atoms. The number of carbonyl (C=O) groups is 1. The summed E-state index contributed by atoms with van der Waals surface area (Å²) < 4.78 is 0. The van der Waals surface area contributed by atoms with Crippen LogP contribution in [-0.2, 0) is 0 Å². The number of hydrogen-bond acceptors (Lipinski definition) is 4. The van der Waals surface area contributed by atoms with Crippen molar-refractivity contribution in [3.05, 3.63) is 0 Å². The minimum Gasteiger partial charge on any atom is -0.395 e. The lowest BCUT2D eigenvalue weighted by molar-refractivity contribution is 0.111. The molecule has 17 heavy (non-hydrogen) atoms. The van der Waals surface area contributed by atoms with Crippen LogP contribution in [0.25, 0.3) is 0 Å². The number of carbonyl (C=O) groups excluding carboxylic acids is 1. The van der Waals surface area contributed by atoms with Crippen molar-refractivity contribution >= 4 is 6.03 Å². The Morgan fingerprint density at radius 2 is 1.71 bits per heavy atom. The first-order chi connectivity index (χ1) is 8.22. The molecule has 1 fully saturated rings. The Morgan fingerprint density at radius 1 is 1.12 bits per heavy atom. The summed E-state index contributed by atoms with van der Waals surface area (Å²) in [7, 11) is 0. The van der Waals surface area contributed by atoms with Gasteiger partial charge in [0.15, 0.2) is 0 Å². The molecular formula is C11H24N4O2. The topological polar surface area (TPSA) is 81.8 Å². The van der Waals surface area contributed by atoms with Gasteiger partial charge in [-0.05, 0) is 19.4 Å². The van der Waals surface area contributed by atoms with Gasteiger partial charge < -0.3 is 21.1 Å². The Hall–Kier alpha value is -0.850. The fourth-order valence-corrected chi connectivity index (χ4v) is 2.05. The smallest absolute Gasteiger partial charge is 0.312 e. The van der Waals surface area contributed by atoms with Crippen LogP contribution in [0.4, 0.5) is 4.79 Å². The van der Waals surface area contributed by atoms with Crippen molar-refractivity contribution in [3.63, 3.8) is 0 Å². The van der Waals surface area contributed by atoms with E-state index in [9.17, 15) is 4.79 Å². The molecule has 0 aliphatic carbocycles. The SMILES string of the molecule is NC(=O)NCCCCN1CCN(CCO)CC1. The molecule has 1 aliphatic heterocycles. The first kappa shape index (κ1) is 14.2. The minimum absolute atomic E-state index is 0.249. The number of aliphatic hydroxyl groups excluding tert-OH is 1. The molecule has 0 aromatic heterocycles. The maximum atomic E-state index is 10.4. The molecule has 0 aromatic carbocycles. The van der Waals surface area contributed by atoms with Gasteiger partial charge in [0.05, 0.1) is 6.61 Å². The summed E-state index contributed by atoms with van der Waals surface area (Å²) >= 11 is 0. The van der Waals surface area contributed by atoms with Crippen LogP contribution < -0.4 is 11.1 Å². The van der Waals surface area contributed by atoms with Crippen LogP contribution in [0.15, 0.2) is 0 Å². The highest BCUT2D eigenvalue weighted by atomic mass is 16.3. The molecule has 0 spiro atoms. The van der Waals surface area contributed by atoms with Gasteiger partial charge in [0, 0.05) is 39.3 Å². The van der Waals surface area contributed by atoms with Crippen LogP contribution in [0.2, 0.25) is 0 Å². The number of unbranched alkanes of at least 4 members (excludes halogenated alkanes) is 1. The van der Waals surface area contributed by atoms with E-state index in [1.54, 1.807) is 0 Å². The van der Waals surface area contributed by atoms with E-state index in [4.69, 9.17) is 10.8 Å². The molecule has 1 rings (SSSR count). The number of amides is 2. The summed E-state index contributed by atoms with van der Waals surface area (Å²) in [6.07, 6.45) is 2.06. The molecule has 0 saturated carbocycles. The Kier molecular flexibility index (Phi) is 6.91. The van der Waals surface area contributed by atoms with Crippen molar-refractivity contribution in [2.45, 2.75) is 12.8 Å². The molecule has 2 amide bonds. The monoisotopic (exact) mass is 244 g/mol. The summed E-state index contributed by atoms with van der Waals surface area (Å²) in [5, 5.41) is 11.4. The standard InChI is InChI=1S/C11H24N4O2/c12-11(17)13-3-1-2-4-14-5-7-15(8-6-14)9-10-16/h16H,1-10H2,(H3,12,13,17).